The summed E-state index contributed by atoms with van der Waals surface area (Å²) in [6.45, 7) is 3.78. The van der Waals surface area contributed by atoms with Crippen LogP contribution in [0.2, 0.25) is 5.02 Å². The Balaban J connectivity index is 1.52. The molecule has 0 unspecified atom stereocenters. The fourth-order valence-electron chi connectivity index (χ4n) is 5.35. The molecule has 0 atom stereocenters. The first-order valence-corrected chi connectivity index (χ1v) is 16.6. The summed E-state index contributed by atoms with van der Waals surface area (Å²) < 4.78 is 75.9. The molecule has 0 radical (unpaired) electrons. The summed E-state index contributed by atoms with van der Waals surface area (Å²) in [7, 11) is -4.08. The van der Waals surface area contributed by atoms with Crippen molar-refractivity contribution in [2.45, 2.75) is 45.8 Å². The third kappa shape index (κ3) is 7.29. The van der Waals surface area contributed by atoms with Crippen LogP contribution in [0.25, 0.3) is 11.4 Å². The van der Waals surface area contributed by atoms with Crippen molar-refractivity contribution in [2.75, 3.05) is 49.6 Å². The molecule has 254 valence electrons. The molecule has 47 heavy (non-hydrogen) atoms. The Bertz CT molecular complexity index is 1900. The first-order valence-electron chi connectivity index (χ1n) is 14.7. The van der Waals surface area contributed by atoms with E-state index in [9.17, 15) is 36.0 Å². The minimum Gasteiger partial charge on any atom is -0.377 e. The minimum atomic E-state index is -4.62. The molecule has 0 spiro atoms. The molecule has 0 aliphatic carbocycles. The lowest BCUT2D eigenvalue weighted by molar-refractivity contribution is -0.137. The molecule has 2 N–H and O–H groups in total. The van der Waals surface area contributed by atoms with Crippen LogP contribution in [-0.2, 0) is 43.7 Å². The van der Waals surface area contributed by atoms with Gasteiger partial charge in [0.25, 0.3) is 5.56 Å². The van der Waals surface area contributed by atoms with Gasteiger partial charge in [0.05, 0.1) is 35.2 Å². The number of nitrogens with one attached hydrogen (secondary N) is 2. The number of carbonyl (C=O) groups excluding carboxylic acids is 2. The van der Waals surface area contributed by atoms with E-state index >= 15 is 0 Å². The van der Waals surface area contributed by atoms with Gasteiger partial charge in [-0.1, -0.05) is 31.5 Å². The van der Waals surface area contributed by atoms with E-state index in [-0.39, 0.29) is 67.0 Å². The molecule has 2 aliphatic rings. The van der Waals surface area contributed by atoms with Crippen LogP contribution in [0.5, 0.6) is 0 Å². The van der Waals surface area contributed by atoms with Crippen LogP contribution in [0.4, 0.5) is 24.5 Å². The molecule has 2 aromatic heterocycles. The number of rotatable bonds is 9. The second-order valence-electron chi connectivity index (χ2n) is 10.8. The maximum atomic E-state index is 14.0. The Labute approximate surface area is 272 Å². The van der Waals surface area contributed by atoms with Crippen molar-refractivity contribution < 1.29 is 35.9 Å². The van der Waals surface area contributed by atoms with Crippen molar-refractivity contribution in [1.29, 1.82) is 0 Å². The fourth-order valence-corrected chi connectivity index (χ4v) is 6.79. The van der Waals surface area contributed by atoms with Crippen molar-refractivity contribution in [3.63, 3.8) is 0 Å². The van der Waals surface area contributed by atoms with E-state index in [2.05, 4.69) is 15.4 Å². The van der Waals surface area contributed by atoms with Gasteiger partial charge in [-0.05, 0) is 36.6 Å². The number of hydrogen-bond acceptors (Lipinski definition) is 9. The number of aromatic nitrogens is 4. The molecule has 1 aromatic carbocycles. The molecule has 4 heterocycles. The topological polar surface area (TPSA) is 160 Å². The van der Waals surface area contributed by atoms with E-state index in [1.807, 2.05) is 4.72 Å². The SMILES string of the molecule is CCC(=O)NS(=O)(=O)N1CCN(c2c(CC)n(CC(=O)Nc3ccc(C(F)(F)F)cc3Cl)c3nc(C4=CCOCC4)nn3c2=O)CC1. The normalized spacial score (nSPS) is 16.3. The van der Waals surface area contributed by atoms with Crippen molar-refractivity contribution in [1.82, 2.24) is 28.2 Å². The average Bonchev–Trinajstić information content (AvgIpc) is 3.49. The number of fused-ring (bicyclic) bond motifs is 1. The van der Waals surface area contributed by atoms with Crippen LogP contribution in [0, 0.1) is 0 Å². The minimum absolute atomic E-state index is 0.0128. The van der Waals surface area contributed by atoms with Gasteiger partial charge in [0.15, 0.2) is 5.82 Å². The molecule has 1 saturated heterocycles. The lowest BCUT2D eigenvalue weighted by atomic mass is 10.1. The number of alkyl halides is 3. The van der Waals surface area contributed by atoms with Gasteiger partial charge in [-0.2, -0.15) is 35.4 Å². The quantitative estimate of drug-likeness (QED) is 0.342. The number of amides is 2. The summed E-state index contributed by atoms with van der Waals surface area (Å²) in [6, 6.07) is 2.57. The van der Waals surface area contributed by atoms with Gasteiger partial charge in [-0.15, -0.1) is 5.10 Å². The second-order valence-corrected chi connectivity index (χ2v) is 12.8. The van der Waals surface area contributed by atoms with Crippen molar-refractivity contribution in [2.24, 2.45) is 0 Å². The summed E-state index contributed by atoms with van der Waals surface area (Å²) in [5.41, 5.74) is -0.193. The van der Waals surface area contributed by atoms with Crippen molar-refractivity contribution in [3.05, 3.63) is 56.7 Å². The summed E-state index contributed by atoms with van der Waals surface area (Å²) in [6.07, 6.45) is -2.09. The zero-order chi connectivity index (χ0) is 34.1. The van der Waals surface area contributed by atoms with Gasteiger partial charge >= 0.3 is 16.4 Å². The second kappa shape index (κ2) is 13.6. The molecule has 1 fully saturated rings. The molecule has 3 aromatic rings. The summed E-state index contributed by atoms with van der Waals surface area (Å²) >= 11 is 6.07. The maximum Gasteiger partial charge on any atom is 0.416 e. The lowest BCUT2D eigenvalue weighted by Crippen LogP contribution is -2.54. The highest BCUT2D eigenvalue weighted by molar-refractivity contribution is 7.87. The largest absolute Gasteiger partial charge is 0.416 e. The summed E-state index contributed by atoms with van der Waals surface area (Å²) in [5.74, 6) is -0.968. The Morgan fingerprint density at radius 1 is 1.11 bits per heavy atom. The molecule has 0 bridgehead atoms. The van der Waals surface area contributed by atoms with E-state index in [0.717, 1.165) is 26.5 Å². The Hall–Kier alpha value is -4.00. The van der Waals surface area contributed by atoms with E-state index in [0.29, 0.717) is 31.4 Å². The van der Waals surface area contributed by atoms with Gasteiger partial charge in [0.2, 0.25) is 17.6 Å². The Morgan fingerprint density at radius 3 is 2.43 bits per heavy atom. The third-order valence-electron chi connectivity index (χ3n) is 7.74. The van der Waals surface area contributed by atoms with E-state index in [1.165, 1.54) is 11.5 Å². The third-order valence-corrected chi connectivity index (χ3v) is 9.59. The fraction of sp³-hybridized carbons (Fsp3) is 0.464. The number of benzene rings is 1. The molecule has 2 amide bonds. The zero-order valence-corrected chi connectivity index (χ0v) is 27.0. The molecule has 14 nitrogen and oxygen atoms in total. The average molecular weight is 701 g/mol. The predicted molar refractivity (Wildman–Crippen MR) is 166 cm³/mol. The standard InChI is InChI=1S/C28H32ClF3N8O6S/c1-3-21-24(37-9-11-38(12-10-37)47(44,45)36-22(41)4-2)26(43)40-27(34-25(35-40)17-7-13-46-14-8-17)39(21)16-23(42)33-20-6-5-18(15-19(20)29)28(30,31)32/h5-7,15H,3-4,8-14,16H2,1-2H3,(H,33,42)(H,36,41). The van der Waals surface area contributed by atoms with E-state index in [1.54, 1.807) is 17.9 Å². The lowest BCUT2D eigenvalue weighted by Gasteiger charge is -2.36. The zero-order valence-electron chi connectivity index (χ0n) is 25.4. The smallest absolute Gasteiger partial charge is 0.377 e. The van der Waals surface area contributed by atoms with E-state index < -0.39 is 45.9 Å². The van der Waals surface area contributed by atoms with E-state index in [4.69, 9.17) is 16.3 Å². The number of ether oxygens (including phenoxy) is 1. The maximum absolute atomic E-state index is 14.0. The van der Waals surface area contributed by atoms with Crippen LogP contribution in [0.15, 0.2) is 29.1 Å². The number of hydrogen-bond donors (Lipinski definition) is 2. The van der Waals surface area contributed by atoms with Crippen LogP contribution in [-0.4, -0.2) is 83.1 Å². The number of halogens is 4. The van der Waals surface area contributed by atoms with Crippen molar-refractivity contribution in [3.8, 4) is 0 Å². The highest BCUT2D eigenvalue weighted by Crippen LogP contribution is 2.34. The Kier molecular flexibility index (Phi) is 9.95. The molecule has 19 heteroatoms. The molecular formula is C28H32ClF3N8O6S. The number of piperazine rings is 1. The molecule has 0 saturated carbocycles. The first kappa shape index (κ1) is 34.3. The van der Waals surface area contributed by atoms with Gasteiger partial charge in [-0.25, -0.2) is 4.72 Å². The van der Waals surface area contributed by atoms with Crippen LogP contribution in [0.3, 0.4) is 0 Å². The summed E-state index contributed by atoms with van der Waals surface area (Å²) in [4.78, 5) is 45.4. The van der Waals surface area contributed by atoms with Gasteiger partial charge in [0, 0.05) is 32.6 Å². The first-order chi connectivity index (χ1) is 22.2. The number of carbonyl (C=O) groups is 2. The molecule has 5 rings (SSSR count). The highest BCUT2D eigenvalue weighted by atomic mass is 35.5. The van der Waals surface area contributed by atoms with Crippen LogP contribution < -0.4 is 20.5 Å². The summed E-state index contributed by atoms with van der Waals surface area (Å²) in [5, 5.41) is 6.70. The van der Waals surface area contributed by atoms with Crippen LogP contribution in [0.1, 0.15) is 43.8 Å². The molecular weight excluding hydrogens is 669 g/mol. The molecule has 2 aliphatic heterocycles. The van der Waals surface area contributed by atoms with Gasteiger partial charge in [0.1, 0.15) is 12.2 Å². The van der Waals surface area contributed by atoms with Crippen LogP contribution >= 0.6 is 11.6 Å². The number of nitrogens with zero attached hydrogens (tertiary/aromatic N) is 6. The highest BCUT2D eigenvalue weighted by Gasteiger charge is 2.33. The van der Waals surface area contributed by atoms with Crippen molar-refractivity contribution >= 4 is 56.4 Å². The van der Waals surface area contributed by atoms with Gasteiger partial charge in [-0.3, -0.25) is 14.4 Å². The Morgan fingerprint density at radius 2 is 1.83 bits per heavy atom. The number of anilines is 2. The monoisotopic (exact) mass is 700 g/mol. The predicted octanol–water partition coefficient (Wildman–Crippen LogP) is 2.46. The van der Waals surface area contributed by atoms with Gasteiger partial charge < -0.3 is 19.5 Å².